The predicted octanol–water partition coefficient (Wildman–Crippen LogP) is 4.19. The van der Waals surface area contributed by atoms with Crippen LogP contribution in [0.5, 0.6) is 0 Å². The topological polar surface area (TPSA) is 32.3 Å². The summed E-state index contributed by atoms with van der Waals surface area (Å²) in [5, 5.41) is 3.82. The Morgan fingerprint density at radius 3 is 2.43 bits per heavy atom. The molecule has 2 aliphatic rings. The van der Waals surface area contributed by atoms with Crippen molar-refractivity contribution >= 4 is 23.5 Å². The molecule has 2 bridgehead atoms. The average molecular weight is 304 g/mol. The van der Waals surface area contributed by atoms with Gasteiger partial charge in [-0.1, -0.05) is 6.07 Å². The lowest BCUT2D eigenvalue weighted by atomic mass is 10.0. The van der Waals surface area contributed by atoms with Crippen LogP contribution in [0.1, 0.15) is 36.8 Å². The molecule has 3 rings (SSSR count). The molecule has 0 radical (unpaired) electrons. The molecule has 2 atom stereocenters. The summed E-state index contributed by atoms with van der Waals surface area (Å²) in [6.45, 7) is 4.17. The molecule has 0 aliphatic carbocycles. The van der Waals surface area contributed by atoms with Crippen LogP contribution in [-0.2, 0) is 0 Å². The van der Waals surface area contributed by atoms with E-state index in [0.717, 1.165) is 23.8 Å². The highest BCUT2D eigenvalue weighted by Gasteiger charge is 2.42. The van der Waals surface area contributed by atoms with Crippen LogP contribution in [0.25, 0.3) is 0 Å². The van der Waals surface area contributed by atoms with Crippen molar-refractivity contribution in [2.24, 2.45) is 0 Å². The lowest BCUT2D eigenvalue weighted by Crippen LogP contribution is -2.49. The fraction of sp³-hybridized carbons (Fsp3) is 0.588. The van der Waals surface area contributed by atoms with Gasteiger partial charge in [0.2, 0.25) is 0 Å². The fourth-order valence-electron chi connectivity index (χ4n) is 3.66. The van der Waals surface area contributed by atoms with E-state index in [1.807, 2.05) is 17.8 Å². The van der Waals surface area contributed by atoms with Gasteiger partial charge in [-0.2, -0.15) is 11.8 Å². The van der Waals surface area contributed by atoms with Crippen LogP contribution < -0.4 is 5.32 Å². The van der Waals surface area contributed by atoms with E-state index >= 15 is 0 Å². The molecule has 114 valence electrons. The summed E-state index contributed by atoms with van der Waals surface area (Å²) in [6, 6.07) is 7.09. The minimum absolute atomic E-state index is 0.0882. The van der Waals surface area contributed by atoms with Crippen molar-refractivity contribution in [2.45, 2.75) is 56.9 Å². The zero-order valence-corrected chi connectivity index (χ0v) is 13.9. The van der Waals surface area contributed by atoms with Crippen molar-refractivity contribution in [3.63, 3.8) is 0 Å². The molecule has 2 unspecified atom stereocenters. The predicted molar refractivity (Wildman–Crippen MR) is 90.1 cm³/mol. The molecular weight excluding hydrogens is 280 g/mol. The van der Waals surface area contributed by atoms with Crippen LogP contribution in [0.2, 0.25) is 0 Å². The first-order chi connectivity index (χ1) is 10.1. The number of anilines is 1. The zero-order valence-electron chi connectivity index (χ0n) is 13.1. The van der Waals surface area contributed by atoms with Gasteiger partial charge >= 0.3 is 6.03 Å². The van der Waals surface area contributed by atoms with Crippen molar-refractivity contribution in [3.8, 4) is 0 Å². The van der Waals surface area contributed by atoms with Gasteiger partial charge in [-0.25, -0.2) is 4.79 Å². The van der Waals surface area contributed by atoms with E-state index in [0.29, 0.717) is 12.1 Å². The molecule has 21 heavy (non-hydrogen) atoms. The smallest absolute Gasteiger partial charge is 0.318 e. The van der Waals surface area contributed by atoms with E-state index in [1.54, 1.807) is 0 Å². The van der Waals surface area contributed by atoms with Gasteiger partial charge in [-0.05, 0) is 69.0 Å². The largest absolute Gasteiger partial charge is 0.322 e. The molecule has 1 aromatic rings. The number of carbonyl (C=O) groups excluding carboxylic acids is 1. The lowest BCUT2D eigenvalue weighted by molar-refractivity contribution is 0.161. The normalized spacial score (nSPS) is 27.8. The molecule has 2 heterocycles. The number of amides is 2. The number of rotatable bonds is 2. The number of aryl methyl sites for hydroxylation is 2. The Morgan fingerprint density at radius 2 is 1.86 bits per heavy atom. The summed E-state index contributed by atoms with van der Waals surface area (Å²) < 4.78 is 0. The highest BCUT2D eigenvalue weighted by atomic mass is 32.2. The van der Waals surface area contributed by atoms with E-state index in [9.17, 15) is 4.79 Å². The van der Waals surface area contributed by atoms with Gasteiger partial charge in [-0.3, -0.25) is 0 Å². The van der Waals surface area contributed by atoms with Gasteiger partial charge < -0.3 is 10.2 Å². The van der Waals surface area contributed by atoms with Crippen LogP contribution in [0, 0.1) is 13.8 Å². The standard InChI is InChI=1S/C17H24N2OS/c1-11-4-5-13(8-12(11)2)18-17(20)19-14-6-7-15(19)10-16(9-14)21-3/h4-5,8,14-16H,6-7,9-10H2,1-3H3,(H,18,20). The van der Waals surface area contributed by atoms with E-state index in [2.05, 4.69) is 42.5 Å². The van der Waals surface area contributed by atoms with E-state index in [4.69, 9.17) is 0 Å². The maximum atomic E-state index is 12.6. The van der Waals surface area contributed by atoms with Crippen molar-refractivity contribution in [3.05, 3.63) is 29.3 Å². The fourth-order valence-corrected chi connectivity index (χ4v) is 4.49. The Hall–Kier alpha value is -1.16. The molecular formula is C17H24N2OS. The SMILES string of the molecule is CSC1CC2CCC(C1)N2C(=O)Nc1ccc(C)c(C)c1. The number of nitrogens with zero attached hydrogens (tertiary/aromatic N) is 1. The van der Waals surface area contributed by atoms with Gasteiger partial charge in [0.1, 0.15) is 0 Å². The van der Waals surface area contributed by atoms with Crippen LogP contribution in [0.4, 0.5) is 10.5 Å². The van der Waals surface area contributed by atoms with Crippen molar-refractivity contribution in [2.75, 3.05) is 11.6 Å². The Balaban J connectivity index is 1.70. The second kappa shape index (κ2) is 5.91. The number of benzene rings is 1. The summed E-state index contributed by atoms with van der Waals surface area (Å²) in [4.78, 5) is 14.7. The first-order valence-corrected chi connectivity index (χ1v) is 9.06. The van der Waals surface area contributed by atoms with E-state index in [-0.39, 0.29) is 6.03 Å². The van der Waals surface area contributed by atoms with Crippen LogP contribution in [0.3, 0.4) is 0 Å². The Bertz CT molecular complexity index is 532. The maximum absolute atomic E-state index is 12.6. The van der Waals surface area contributed by atoms with Gasteiger partial charge in [0.25, 0.3) is 0 Å². The second-order valence-electron chi connectivity index (χ2n) is 6.35. The Kier molecular flexibility index (Phi) is 4.16. The monoisotopic (exact) mass is 304 g/mol. The minimum Gasteiger partial charge on any atom is -0.318 e. The van der Waals surface area contributed by atoms with Crippen molar-refractivity contribution < 1.29 is 4.79 Å². The molecule has 2 fully saturated rings. The average Bonchev–Trinajstić information content (AvgIpc) is 2.73. The van der Waals surface area contributed by atoms with Gasteiger partial charge in [0, 0.05) is 23.0 Å². The molecule has 1 aromatic carbocycles. The summed E-state index contributed by atoms with van der Waals surface area (Å²) in [6.07, 6.45) is 6.83. The van der Waals surface area contributed by atoms with Crippen molar-refractivity contribution in [1.29, 1.82) is 0 Å². The first-order valence-electron chi connectivity index (χ1n) is 7.78. The number of carbonyl (C=O) groups is 1. The van der Waals surface area contributed by atoms with Gasteiger partial charge in [0.15, 0.2) is 0 Å². The van der Waals surface area contributed by atoms with Crippen LogP contribution in [0.15, 0.2) is 18.2 Å². The minimum atomic E-state index is 0.0882. The molecule has 0 aromatic heterocycles. The second-order valence-corrected chi connectivity index (χ2v) is 7.49. The van der Waals surface area contributed by atoms with Crippen molar-refractivity contribution in [1.82, 2.24) is 4.90 Å². The number of hydrogen-bond donors (Lipinski definition) is 1. The highest BCUT2D eigenvalue weighted by molar-refractivity contribution is 7.99. The van der Waals surface area contributed by atoms with Gasteiger partial charge in [0.05, 0.1) is 0 Å². The molecule has 2 aliphatic heterocycles. The lowest BCUT2D eigenvalue weighted by Gasteiger charge is -2.38. The van der Waals surface area contributed by atoms with E-state index in [1.165, 1.54) is 24.0 Å². The molecule has 0 spiro atoms. The Morgan fingerprint density at radius 1 is 1.19 bits per heavy atom. The van der Waals surface area contributed by atoms with Crippen LogP contribution >= 0.6 is 11.8 Å². The van der Waals surface area contributed by atoms with Crippen LogP contribution in [-0.4, -0.2) is 34.5 Å². The number of hydrogen-bond acceptors (Lipinski definition) is 2. The number of urea groups is 1. The number of piperidine rings is 1. The molecule has 2 saturated heterocycles. The Labute approximate surface area is 131 Å². The summed E-state index contributed by atoms with van der Waals surface area (Å²) >= 11 is 1.96. The summed E-state index contributed by atoms with van der Waals surface area (Å²) in [7, 11) is 0. The summed E-state index contributed by atoms with van der Waals surface area (Å²) in [5.41, 5.74) is 3.39. The molecule has 2 amide bonds. The molecule has 4 heteroatoms. The maximum Gasteiger partial charge on any atom is 0.322 e. The number of nitrogens with one attached hydrogen (secondary N) is 1. The third-order valence-corrected chi connectivity index (χ3v) is 6.07. The quantitative estimate of drug-likeness (QED) is 0.888. The molecule has 0 saturated carbocycles. The summed E-state index contributed by atoms with van der Waals surface area (Å²) in [5.74, 6) is 0. The molecule has 1 N–H and O–H groups in total. The third kappa shape index (κ3) is 2.91. The first kappa shape index (κ1) is 14.8. The number of fused-ring (bicyclic) bond motifs is 2. The third-order valence-electron chi connectivity index (χ3n) is 5.02. The zero-order chi connectivity index (χ0) is 15.0. The van der Waals surface area contributed by atoms with E-state index < -0.39 is 0 Å². The van der Waals surface area contributed by atoms with Gasteiger partial charge in [-0.15, -0.1) is 0 Å². The molecule has 3 nitrogen and oxygen atoms in total. The highest BCUT2D eigenvalue weighted by Crippen LogP contribution is 2.39. The number of thioether (sulfide) groups is 1.